The maximum Gasteiger partial charge on any atom is 0.358 e. The second kappa shape index (κ2) is 8.12. The van der Waals surface area contributed by atoms with Gasteiger partial charge in [0.1, 0.15) is 0 Å². The number of hydrogen-bond acceptors (Lipinski definition) is 3. The lowest BCUT2D eigenvalue weighted by Gasteiger charge is -2.05. The molecule has 118 valence electrons. The van der Waals surface area contributed by atoms with Gasteiger partial charge in [-0.3, -0.25) is 4.68 Å². The maximum absolute atomic E-state index is 12.2. The van der Waals surface area contributed by atoms with E-state index in [9.17, 15) is 13.6 Å². The van der Waals surface area contributed by atoms with Crippen molar-refractivity contribution in [2.75, 3.05) is 6.61 Å². The highest BCUT2D eigenvalue weighted by atomic mass is 35.5. The summed E-state index contributed by atoms with van der Waals surface area (Å²) in [5, 5.41) is 4.44. The number of carbonyl (C=O) groups excluding carboxylic acids is 1. The highest BCUT2D eigenvalue weighted by Crippen LogP contribution is 2.21. The number of aryl methyl sites for hydroxylation is 2. The number of hydrogen-bond donors (Lipinski definition) is 0. The SMILES string of the molecule is CCc1nn(C)c(C(=O)OCCCCC(C)=C(F)F)c1Cl. The molecule has 0 aliphatic rings. The van der Waals surface area contributed by atoms with Crippen LogP contribution in [0.4, 0.5) is 8.78 Å². The van der Waals surface area contributed by atoms with Gasteiger partial charge in [0.05, 0.1) is 17.3 Å². The van der Waals surface area contributed by atoms with Gasteiger partial charge in [-0.1, -0.05) is 18.5 Å². The summed E-state index contributed by atoms with van der Waals surface area (Å²) in [6, 6.07) is 0. The Labute approximate surface area is 127 Å². The summed E-state index contributed by atoms with van der Waals surface area (Å²) < 4.78 is 30.9. The van der Waals surface area contributed by atoms with Gasteiger partial charge in [-0.05, 0) is 38.2 Å². The zero-order valence-electron chi connectivity index (χ0n) is 12.4. The molecule has 4 nitrogen and oxygen atoms in total. The minimum absolute atomic E-state index is 0.0728. The first-order valence-corrected chi connectivity index (χ1v) is 7.15. The van der Waals surface area contributed by atoms with Gasteiger partial charge < -0.3 is 4.74 Å². The summed E-state index contributed by atoms with van der Waals surface area (Å²) >= 11 is 6.07. The van der Waals surface area contributed by atoms with Crippen molar-refractivity contribution in [3.05, 3.63) is 28.1 Å². The lowest BCUT2D eigenvalue weighted by Crippen LogP contribution is -2.12. The lowest BCUT2D eigenvalue weighted by atomic mass is 10.1. The molecule has 0 aliphatic heterocycles. The quantitative estimate of drug-likeness (QED) is 0.560. The number of nitrogens with zero attached hydrogens (tertiary/aromatic N) is 2. The van der Waals surface area contributed by atoms with Crippen LogP contribution in [-0.4, -0.2) is 22.4 Å². The molecule has 1 heterocycles. The molecule has 0 aliphatic carbocycles. The Morgan fingerprint density at radius 2 is 2.05 bits per heavy atom. The predicted octanol–water partition coefficient (Wildman–Crippen LogP) is 4.13. The minimum atomic E-state index is -1.64. The molecular formula is C14H19ClF2N2O2. The van der Waals surface area contributed by atoms with Gasteiger partial charge in [-0.15, -0.1) is 0 Å². The van der Waals surface area contributed by atoms with E-state index < -0.39 is 12.0 Å². The number of unbranched alkanes of at least 4 members (excludes halogenated alkanes) is 1. The molecule has 21 heavy (non-hydrogen) atoms. The molecule has 0 aromatic carbocycles. The molecule has 1 aromatic heterocycles. The Morgan fingerprint density at radius 1 is 1.38 bits per heavy atom. The van der Waals surface area contributed by atoms with Gasteiger partial charge in [0, 0.05) is 7.05 Å². The van der Waals surface area contributed by atoms with Crippen LogP contribution in [0.1, 0.15) is 49.3 Å². The first-order valence-electron chi connectivity index (χ1n) is 6.77. The van der Waals surface area contributed by atoms with Gasteiger partial charge in [-0.2, -0.15) is 13.9 Å². The largest absolute Gasteiger partial charge is 0.461 e. The number of carbonyl (C=O) groups is 1. The standard InChI is InChI=1S/C14H19ClF2N2O2/c1-4-10-11(15)12(19(3)18-10)14(20)21-8-6-5-7-9(2)13(16)17/h4-8H2,1-3H3. The fourth-order valence-electron chi connectivity index (χ4n) is 1.82. The number of allylic oxidation sites excluding steroid dienone is 1. The number of ether oxygens (including phenoxy) is 1. The molecule has 0 radical (unpaired) electrons. The highest BCUT2D eigenvalue weighted by Gasteiger charge is 2.20. The molecule has 0 spiro atoms. The summed E-state index contributed by atoms with van der Waals surface area (Å²) in [7, 11) is 1.62. The molecule has 1 aromatic rings. The first-order chi connectivity index (χ1) is 9.88. The van der Waals surface area contributed by atoms with Crippen molar-refractivity contribution < 1.29 is 18.3 Å². The van der Waals surface area contributed by atoms with Crippen molar-refractivity contribution in [3.8, 4) is 0 Å². The molecule has 0 amide bonds. The fraction of sp³-hybridized carbons (Fsp3) is 0.571. The summed E-state index contributed by atoms with van der Waals surface area (Å²) in [6.07, 6.45) is 0.343. The Bertz CT molecular complexity index is 537. The molecule has 0 N–H and O–H groups in total. The molecule has 0 bridgehead atoms. The summed E-state index contributed by atoms with van der Waals surface area (Å²) in [5.74, 6) is -0.543. The monoisotopic (exact) mass is 320 g/mol. The maximum atomic E-state index is 12.2. The van der Waals surface area contributed by atoms with Crippen molar-refractivity contribution in [1.29, 1.82) is 0 Å². The Balaban J connectivity index is 2.45. The van der Waals surface area contributed by atoms with Gasteiger partial charge in [0.15, 0.2) is 5.69 Å². The van der Waals surface area contributed by atoms with Crippen molar-refractivity contribution in [1.82, 2.24) is 9.78 Å². The average molecular weight is 321 g/mol. The third kappa shape index (κ3) is 4.81. The van der Waals surface area contributed by atoms with E-state index in [1.54, 1.807) is 7.05 Å². The lowest BCUT2D eigenvalue weighted by molar-refractivity contribution is 0.0486. The van der Waals surface area contributed by atoms with E-state index in [1.807, 2.05) is 6.92 Å². The van der Waals surface area contributed by atoms with Crippen molar-refractivity contribution in [3.63, 3.8) is 0 Å². The van der Waals surface area contributed by atoms with E-state index in [1.165, 1.54) is 11.6 Å². The van der Waals surface area contributed by atoms with E-state index in [2.05, 4.69) is 5.10 Å². The van der Waals surface area contributed by atoms with Crippen molar-refractivity contribution >= 4 is 17.6 Å². The van der Waals surface area contributed by atoms with Crippen LogP contribution in [0, 0.1) is 0 Å². The molecule has 1 rings (SSSR count). The molecule has 0 fully saturated rings. The van der Waals surface area contributed by atoms with Gasteiger partial charge in [0.2, 0.25) is 0 Å². The average Bonchev–Trinajstić information content (AvgIpc) is 2.72. The number of aromatic nitrogens is 2. The normalized spacial score (nSPS) is 10.6. The molecule has 0 atom stereocenters. The van der Waals surface area contributed by atoms with Crippen LogP contribution in [0.3, 0.4) is 0 Å². The molecular weight excluding hydrogens is 302 g/mol. The van der Waals surface area contributed by atoms with E-state index in [-0.39, 0.29) is 17.9 Å². The predicted molar refractivity (Wildman–Crippen MR) is 76.6 cm³/mol. The molecule has 0 unspecified atom stereocenters. The van der Waals surface area contributed by atoms with Crippen LogP contribution in [0.15, 0.2) is 11.7 Å². The van der Waals surface area contributed by atoms with E-state index in [4.69, 9.17) is 16.3 Å². The number of esters is 1. The summed E-state index contributed by atoms with van der Waals surface area (Å²) in [5.41, 5.74) is 0.938. The number of halogens is 3. The van der Waals surface area contributed by atoms with E-state index in [0.29, 0.717) is 36.4 Å². The van der Waals surface area contributed by atoms with Gasteiger partial charge in [0.25, 0.3) is 6.08 Å². The van der Waals surface area contributed by atoms with E-state index in [0.717, 1.165) is 0 Å². The fourth-order valence-corrected chi connectivity index (χ4v) is 2.19. The first kappa shape index (κ1) is 17.6. The highest BCUT2D eigenvalue weighted by molar-refractivity contribution is 6.34. The Kier molecular flexibility index (Phi) is 6.81. The summed E-state index contributed by atoms with van der Waals surface area (Å²) in [6.45, 7) is 3.45. The van der Waals surface area contributed by atoms with Crippen LogP contribution < -0.4 is 0 Å². The Morgan fingerprint density at radius 3 is 2.57 bits per heavy atom. The molecule has 0 saturated heterocycles. The Hall–Kier alpha value is -1.43. The van der Waals surface area contributed by atoms with Crippen molar-refractivity contribution in [2.45, 2.75) is 39.5 Å². The van der Waals surface area contributed by atoms with Gasteiger partial charge >= 0.3 is 5.97 Å². The van der Waals surface area contributed by atoms with Crippen LogP contribution in [0.2, 0.25) is 5.02 Å². The van der Waals surface area contributed by atoms with Gasteiger partial charge in [-0.25, -0.2) is 4.79 Å². The minimum Gasteiger partial charge on any atom is -0.461 e. The zero-order valence-corrected chi connectivity index (χ0v) is 13.1. The smallest absolute Gasteiger partial charge is 0.358 e. The summed E-state index contributed by atoms with van der Waals surface area (Å²) in [4.78, 5) is 11.9. The second-order valence-corrected chi connectivity index (χ2v) is 5.10. The van der Waals surface area contributed by atoms with Crippen LogP contribution in [-0.2, 0) is 18.2 Å². The zero-order chi connectivity index (χ0) is 16.0. The molecule has 7 heteroatoms. The van der Waals surface area contributed by atoms with Crippen molar-refractivity contribution in [2.24, 2.45) is 7.05 Å². The van der Waals surface area contributed by atoms with Crippen LogP contribution in [0.25, 0.3) is 0 Å². The molecule has 0 saturated carbocycles. The van der Waals surface area contributed by atoms with Crippen LogP contribution >= 0.6 is 11.6 Å². The second-order valence-electron chi connectivity index (χ2n) is 4.72. The third-order valence-electron chi connectivity index (χ3n) is 3.09. The third-order valence-corrected chi connectivity index (χ3v) is 3.48. The van der Waals surface area contributed by atoms with E-state index >= 15 is 0 Å². The number of rotatable bonds is 7. The van der Waals surface area contributed by atoms with Crippen LogP contribution in [0.5, 0.6) is 0 Å². The topological polar surface area (TPSA) is 44.1 Å².